The molecule has 1 aliphatic carbocycles. The highest BCUT2D eigenvalue weighted by molar-refractivity contribution is 7.89. The monoisotopic (exact) mass is 454 g/mol. The number of hydrogen-bond donors (Lipinski definition) is 1. The smallest absolute Gasteiger partial charge is 0.252 e. The van der Waals surface area contributed by atoms with Crippen LogP contribution in [0.15, 0.2) is 41.3 Å². The van der Waals surface area contributed by atoms with E-state index in [0.29, 0.717) is 18.7 Å². The van der Waals surface area contributed by atoms with Crippen LogP contribution in [0.5, 0.6) is 0 Å². The van der Waals surface area contributed by atoms with Crippen molar-refractivity contribution < 1.29 is 13.2 Å². The molecule has 1 heterocycles. The first kappa shape index (κ1) is 23.0. The Hall–Kier alpha value is -2.18. The normalized spacial score (nSPS) is 18.4. The van der Waals surface area contributed by atoms with Gasteiger partial charge in [0.1, 0.15) is 0 Å². The molecular weight excluding hydrogens is 420 g/mol. The summed E-state index contributed by atoms with van der Waals surface area (Å²) < 4.78 is 28.0. The second-order valence-electron chi connectivity index (χ2n) is 9.23. The van der Waals surface area contributed by atoms with Gasteiger partial charge in [0.05, 0.1) is 10.9 Å². The molecule has 0 saturated carbocycles. The number of carbonyl (C=O) groups excluding carboxylic acids is 1. The molecule has 0 spiro atoms. The van der Waals surface area contributed by atoms with Crippen LogP contribution in [-0.4, -0.2) is 31.7 Å². The van der Waals surface area contributed by atoms with Crippen molar-refractivity contribution in [3.63, 3.8) is 0 Å². The molecule has 1 fully saturated rings. The first-order chi connectivity index (χ1) is 15.4. The van der Waals surface area contributed by atoms with Crippen LogP contribution in [0, 0.1) is 6.92 Å². The van der Waals surface area contributed by atoms with Gasteiger partial charge in [-0.2, -0.15) is 4.31 Å². The minimum absolute atomic E-state index is 0.153. The number of rotatable bonds is 5. The molecule has 1 atom stereocenters. The zero-order valence-electron chi connectivity index (χ0n) is 19.2. The van der Waals surface area contributed by atoms with E-state index in [2.05, 4.69) is 23.5 Å². The van der Waals surface area contributed by atoms with E-state index >= 15 is 0 Å². The molecule has 1 aliphatic heterocycles. The molecule has 32 heavy (non-hydrogen) atoms. The van der Waals surface area contributed by atoms with Crippen molar-refractivity contribution in [3.8, 4) is 0 Å². The number of nitrogens with zero attached hydrogens (tertiary/aromatic N) is 1. The average Bonchev–Trinajstić information content (AvgIpc) is 3.09. The summed E-state index contributed by atoms with van der Waals surface area (Å²) in [5.41, 5.74) is 5.09. The van der Waals surface area contributed by atoms with Crippen LogP contribution in [0.4, 0.5) is 0 Å². The molecule has 1 saturated heterocycles. The van der Waals surface area contributed by atoms with Crippen LogP contribution in [0.25, 0.3) is 0 Å². The van der Waals surface area contributed by atoms with E-state index in [1.54, 1.807) is 22.5 Å². The van der Waals surface area contributed by atoms with E-state index in [4.69, 9.17) is 0 Å². The van der Waals surface area contributed by atoms with Crippen molar-refractivity contribution in [2.24, 2.45) is 0 Å². The van der Waals surface area contributed by atoms with E-state index < -0.39 is 10.0 Å². The van der Waals surface area contributed by atoms with Gasteiger partial charge >= 0.3 is 0 Å². The Morgan fingerprint density at radius 2 is 1.59 bits per heavy atom. The zero-order valence-corrected chi connectivity index (χ0v) is 20.0. The molecule has 172 valence electrons. The van der Waals surface area contributed by atoms with Gasteiger partial charge in [-0.15, -0.1) is 0 Å². The summed E-state index contributed by atoms with van der Waals surface area (Å²) >= 11 is 0. The highest BCUT2D eigenvalue weighted by Gasteiger charge is 2.26. The van der Waals surface area contributed by atoms with E-state index in [1.807, 2.05) is 13.8 Å². The predicted molar refractivity (Wildman–Crippen MR) is 127 cm³/mol. The van der Waals surface area contributed by atoms with Crippen LogP contribution >= 0.6 is 0 Å². The van der Waals surface area contributed by atoms with Crippen LogP contribution in [0.2, 0.25) is 0 Å². The Labute approximate surface area is 192 Å². The lowest BCUT2D eigenvalue weighted by Crippen LogP contribution is -2.32. The Kier molecular flexibility index (Phi) is 7.01. The van der Waals surface area contributed by atoms with Crippen molar-refractivity contribution in [3.05, 3.63) is 64.2 Å². The quantitative estimate of drug-likeness (QED) is 0.697. The molecule has 4 rings (SSSR count). The fourth-order valence-corrected chi connectivity index (χ4v) is 6.36. The Bertz CT molecular complexity index is 1090. The molecule has 0 bridgehead atoms. The fourth-order valence-electron chi connectivity index (χ4n) is 4.82. The van der Waals surface area contributed by atoms with Gasteiger partial charge in [0, 0.05) is 18.7 Å². The second-order valence-corrected chi connectivity index (χ2v) is 11.2. The summed E-state index contributed by atoms with van der Waals surface area (Å²) in [5, 5.41) is 3.08. The maximum absolute atomic E-state index is 13.2. The Morgan fingerprint density at radius 3 is 2.31 bits per heavy atom. The van der Waals surface area contributed by atoms with Crippen LogP contribution in [0.3, 0.4) is 0 Å². The van der Waals surface area contributed by atoms with Gasteiger partial charge in [0.15, 0.2) is 0 Å². The van der Waals surface area contributed by atoms with Gasteiger partial charge in [-0.25, -0.2) is 8.42 Å². The number of benzene rings is 2. The molecule has 2 aromatic carbocycles. The number of carbonyl (C=O) groups is 1. The number of aryl methyl sites for hydroxylation is 3. The van der Waals surface area contributed by atoms with Crippen molar-refractivity contribution in [1.29, 1.82) is 0 Å². The summed E-state index contributed by atoms with van der Waals surface area (Å²) in [4.78, 5) is 13.3. The topological polar surface area (TPSA) is 66.5 Å². The van der Waals surface area contributed by atoms with E-state index in [1.165, 1.54) is 24.0 Å². The van der Waals surface area contributed by atoms with Gasteiger partial charge in [0.2, 0.25) is 10.0 Å². The number of nitrogens with one attached hydrogen (secondary N) is 1. The molecule has 6 heteroatoms. The lowest BCUT2D eigenvalue weighted by molar-refractivity contribution is 0.0939. The maximum Gasteiger partial charge on any atom is 0.252 e. The number of amides is 1. The SMILES string of the molecule is Cc1ccc(S(=O)(=O)N2CCCCCC2)cc1C(=O)N[C@H](C)c1ccc2c(c1)CCCC2. The lowest BCUT2D eigenvalue weighted by Gasteiger charge is -2.22. The maximum atomic E-state index is 13.2. The van der Waals surface area contributed by atoms with Gasteiger partial charge in [-0.1, -0.05) is 37.1 Å². The Balaban J connectivity index is 1.53. The summed E-state index contributed by atoms with van der Waals surface area (Å²) in [6.45, 7) is 4.93. The molecular formula is C26H34N2O3S. The largest absolute Gasteiger partial charge is 0.346 e. The van der Waals surface area contributed by atoms with Crippen LogP contribution < -0.4 is 5.32 Å². The second kappa shape index (κ2) is 9.75. The molecule has 5 nitrogen and oxygen atoms in total. The fraction of sp³-hybridized carbons (Fsp3) is 0.500. The van der Waals surface area contributed by atoms with E-state index in [-0.39, 0.29) is 16.8 Å². The van der Waals surface area contributed by atoms with Gasteiger partial charge in [0.25, 0.3) is 5.91 Å². The van der Waals surface area contributed by atoms with Crippen LogP contribution in [0.1, 0.15) is 84.1 Å². The van der Waals surface area contributed by atoms with Crippen molar-refractivity contribution in [2.75, 3.05) is 13.1 Å². The van der Waals surface area contributed by atoms with Crippen LogP contribution in [-0.2, 0) is 22.9 Å². The minimum atomic E-state index is -3.60. The summed E-state index contributed by atoms with van der Waals surface area (Å²) in [5.74, 6) is -0.236. The third-order valence-corrected chi connectivity index (χ3v) is 8.77. The summed E-state index contributed by atoms with van der Waals surface area (Å²) in [6.07, 6.45) is 8.59. The van der Waals surface area contributed by atoms with Crippen molar-refractivity contribution >= 4 is 15.9 Å². The van der Waals surface area contributed by atoms with E-state index in [0.717, 1.165) is 49.7 Å². The van der Waals surface area contributed by atoms with Gasteiger partial charge < -0.3 is 5.32 Å². The minimum Gasteiger partial charge on any atom is -0.346 e. The average molecular weight is 455 g/mol. The molecule has 1 amide bonds. The predicted octanol–water partition coefficient (Wildman–Crippen LogP) is 4.93. The molecule has 0 radical (unpaired) electrons. The van der Waals surface area contributed by atoms with Gasteiger partial charge in [-0.05, 0) is 86.8 Å². The molecule has 1 N–H and O–H groups in total. The molecule has 2 aromatic rings. The standard InChI is InChI=1S/C26H34N2O3S/c1-19-11-14-24(32(30,31)28-15-7-3-4-8-16-28)18-25(19)26(29)27-20(2)22-13-12-21-9-5-6-10-23(21)17-22/h11-14,17-18,20H,3-10,15-16H2,1-2H3,(H,27,29)/t20-/m1/s1. The first-order valence-corrected chi connectivity index (χ1v) is 13.3. The third-order valence-electron chi connectivity index (χ3n) is 6.88. The third kappa shape index (κ3) is 4.91. The highest BCUT2D eigenvalue weighted by atomic mass is 32.2. The van der Waals surface area contributed by atoms with Gasteiger partial charge in [-0.3, -0.25) is 4.79 Å². The number of sulfonamides is 1. The number of fused-ring (bicyclic) bond motifs is 1. The Morgan fingerprint density at radius 1 is 0.906 bits per heavy atom. The molecule has 0 aromatic heterocycles. The van der Waals surface area contributed by atoms with Crippen molar-refractivity contribution in [2.45, 2.75) is 76.2 Å². The van der Waals surface area contributed by atoms with Crippen molar-refractivity contribution in [1.82, 2.24) is 9.62 Å². The summed E-state index contributed by atoms with van der Waals surface area (Å²) in [6, 6.07) is 11.3. The van der Waals surface area contributed by atoms with E-state index in [9.17, 15) is 13.2 Å². The first-order valence-electron chi connectivity index (χ1n) is 11.9. The molecule has 0 unspecified atom stereocenters. The lowest BCUT2D eigenvalue weighted by atomic mass is 9.89. The number of hydrogen-bond acceptors (Lipinski definition) is 3. The summed E-state index contributed by atoms with van der Waals surface area (Å²) in [7, 11) is -3.60. The molecule has 2 aliphatic rings. The zero-order chi connectivity index (χ0) is 22.7. The highest BCUT2D eigenvalue weighted by Crippen LogP contribution is 2.26.